The molecule has 4 heteroatoms. The summed E-state index contributed by atoms with van der Waals surface area (Å²) >= 11 is 3.23. The van der Waals surface area contributed by atoms with Gasteiger partial charge >= 0.3 is 0 Å². The summed E-state index contributed by atoms with van der Waals surface area (Å²) in [4.78, 5) is 17.0. The summed E-state index contributed by atoms with van der Waals surface area (Å²) < 4.78 is 0. The lowest BCUT2D eigenvalue weighted by atomic mass is 10.1. The van der Waals surface area contributed by atoms with Gasteiger partial charge in [0, 0.05) is 17.5 Å². The Kier molecular flexibility index (Phi) is 9.36. The van der Waals surface area contributed by atoms with Crippen LogP contribution in [0.2, 0.25) is 0 Å². The molecule has 0 atom stereocenters. The van der Waals surface area contributed by atoms with Crippen LogP contribution in [0.1, 0.15) is 80.8 Å². The number of para-hydroxylation sites is 1. The normalized spacial score (nSPS) is 14.5. The molecule has 156 valence electrons. The van der Waals surface area contributed by atoms with Crippen LogP contribution in [0, 0.1) is 0 Å². The van der Waals surface area contributed by atoms with Gasteiger partial charge in [-0.1, -0.05) is 94.7 Å². The second-order valence-electron chi connectivity index (χ2n) is 7.73. The Hall–Kier alpha value is -1.52. The number of nitrogens with zero attached hydrogens (tertiary/aromatic N) is 1. The first-order valence-electron chi connectivity index (χ1n) is 11.1. The summed E-state index contributed by atoms with van der Waals surface area (Å²) in [7, 11) is 0. The number of ketones is 1. The highest BCUT2D eigenvalue weighted by Crippen LogP contribution is 2.46. The number of hydrogen-bond donors (Lipinski definition) is 0. The van der Waals surface area contributed by atoms with E-state index in [1.807, 2.05) is 23.6 Å². The van der Waals surface area contributed by atoms with Crippen LogP contribution in [0.15, 0.2) is 57.8 Å². The summed E-state index contributed by atoms with van der Waals surface area (Å²) in [6.07, 6.45) is 15.3. The van der Waals surface area contributed by atoms with Gasteiger partial charge in [-0.05, 0) is 30.0 Å². The van der Waals surface area contributed by atoms with Crippen molar-refractivity contribution in [2.45, 2.75) is 76.0 Å². The maximum atomic E-state index is 12.6. The molecule has 0 saturated heterocycles. The Balaban J connectivity index is 1.47. The molecule has 3 rings (SSSR count). The van der Waals surface area contributed by atoms with Crippen LogP contribution in [0.4, 0.5) is 5.69 Å². The third kappa shape index (κ3) is 6.75. The van der Waals surface area contributed by atoms with Gasteiger partial charge in [-0.3, -0.25) is 4.79 Å². The number of benzene rings is 1. The number of rotatable bonds is 13. The molecule has 2 nitrogen and oxygen atoms in total. The lowest BCUT2D eigenvalue weighted by molar-refractivity contribution is 0.105. The van der Waals surface area contributed by atoms with E-state index >= 15 is 0 Å². The second-order valence-corrected chi connectivity index (χ2v) is 9.74. The first kappa shape index (κ1) is 22.2. The van der Waals surface area contributed by atoms with Crippen molar-refractivity contribution < 1.29 is 4.79 Å². The van der Waals surface area contributed by atoms with Gasteiger partial charge in [-0.15, -0.1) is 11.3 Å². The smallest absolute Gasteiger partial charge is 0.198 e. The van der Waals surface area contributed by atoms with Gasteiger partial charge in [-0.25, -0.2) is 0 Å². The highest BCUT2D eigenvalue weighted by molar-refractivity contribution is 8.03. The van der Waals surface area contributed by atoms with Gasteiger partial charge in [0.2, 0.25) is 0 Å². The van der Waals surface area contributed by atoms with E-state index in [1.54, 1.807) is 11.8 Å². The van der Waals surface area contributed by atoms with Crippen LogP contribution in [0.3, 0.4) is 0 Å². The summed E-state index contributed by atoms with van der Waals surface area (Å²) in [5.74, 6) is 0.114. The molecule has 1 aromatic carbocycles. The van der Waals surface area contributed by atoms with E-state index in [0.29, 0.717) is 0 Å². The molecular formula is C25H33NOS2. The summed E-state index contributed by atoms with van der Waals surface area (Å²) in [5, 5.41) is 3.03. The zero-order valence-corrected chi connectivity index (χ0v) is 19.2. The minimum Gasteiger partial charge on any atom is -0.335 e. The number of thioether (sulfide) groups is 1. The van der Waals surface area contributed by atoms with E-state index in [9.17, 15) is 4.79 Å². The number of thiophene rings is 1. The van der Waals surface area contributed by atoms with Gasteiger partial charge in [0.25, 0.3) is 0 Å². The molecule has 0 fully saturated rings. The number of unbranched alkanes of at least 4 members (excludes halogenated alkanes) is 9. The fourth-order valence-corrected chi connectivity index (χ4v) is 5.51. The molecule has 0 bridgehead atoms. The number of carbonyl (C=O) groups excluding carboxylic acids is 1. The largest absolute Gasteiger partial charge is 0.335 e. The van der Waals surface area contributed by atoms with Crippen molar-refractivity contribution in [1.82, 2.24) is 0 Å². The van der Waals surface area contributed by atoms with Crippen molar-refractivity contribution in [1.29, 1.82) is 0 Å². The molecule has 1 aliphatic rings. The Bertz CT molecular complexity index is 782. The molecule has 29 heavy (non-hydrogen) atoms. The SMILES string of the molecule is CCCCCCCCCCCCN1/C(=C/C(=O)c2cccs2)Sc2ccccc21. The minimum atomic E-state index is 0.114. The van der Waals surface area contributed by atoms with Crippen molar-refractivity contribution in [2.75, 3.05) is 11.4 Å². The Morgan fingerprint density at radius 3 is 2.28 bits per heavy atom. The Morgan fingerprint density at radius 2 is 1.59 bits per heavy atom. The van der Waals surface area contributed by atoms with E-state index in [2.05, 4.69) is 36.1 Å². The van der Waals surface area contributed by atoms with Gasteiger partial charge < -0.3 is 4.90 Å². The molecular weight excluding hydrogens is 394 g/mol. The molecule has 0 radical (unpaired) electrons. The molecule has 0 saturated carbocycles. The predicted octanol–water partition coefficient (Wildman–Crippen LogP) is 8.31. The van der Waals surface area contributed by atoms with Crippen LogP contribution >= 0.6 is 23.1 Å². The fraction of sp³-hybridized carbons (Fsp3) is 0.480. The third-order valence-electron chi connectivity index (χ3n) is 5.39. The summed E-state index contributed by atoms with van der Waals surface area (Å²) in [6.45, 7) is 3.26. The Labute approximate surface area is 184 Å². The van der Waals surface area contributed by atoms with E-state index < -0.39 is 0 Å². The van der Waals surface area contributed by atoms with Crippen LogP contribution < -0.4 is 4.90 Å². The standard InChI is InChI=1S/C25H33NOS2/c1-2-3-4-5-6-7-8-9-10-13-18-26-21-15-11-12-16-23(21)29-25(26)20-22(27)24-17-14-19-28-24/h11-12,14-17,19-20H,2-10,13,18H2,1H3/b25-20-. The van der Waals surface area contributed by atoms with Gasteiger partial charge in [0.05, 0.1) is 15.6 Å². The molecule has 2 aromatic rings. The van der Waals surface area contributed by atoms with Crippen molar-refractivity contribution in [3.05, 3.63) is 57.8 Å². The van der Waals surface area contributed by atoms with E-state index in [-0.39, 0.29) is 5.78 Å². The highest BCUT2D eigenvalue weighted by Gasteiger charge is 2.25. The number of carbonyl (C=O) groups is 1. The first-order chi connectivity index (χ1) is 14.3. The van der Waals surface area contributed by atoms with Crippen LogP contribution in [0.25, 0.3) is 0 Å². The van der Waals surface area contributed by atoms with Crippen LogP contribution in [0.5, 0.6) is 0 Å². The number of allylic oxidation sites excluding steroid dienone is 1. The minimum absolute atomic E-state index is 0.114. The number of fused-ring (bicyclic) bond motifs is 1. The topological polar surface area (TPSA) is 20.3 Å². The van der Waals surface area contributed by atoms with Crippen molar-refractivity contribution in [2.24, 2.45) is 0 Å². The Morgan fingerprint density at radius 1 is 0.897 bits per heavy atom. The highest BCUT2D eigenvalue weighted by atomic mass is 32.2. The van der Waals surface area contributed by atoms with Gasteiger partial charge in [-0.2, -0.15) is 0 Å². The molecule has 0 spiro atoms. The van der Waals surface area contributed by atoms with Crippen molar-refractivity contribution in [3.63, 3.8) is 0 Å². The lowest BCUT2D eigenvalue weighted by Crippen LogP contribution is -2.19. The molecule has 0 aliphatic carbocycles. The zero-order chi connectivity index (χ0) is 20.3. The molecule has 0 N–H and O–H groups in total. The van der Waals surface area contributed by atoms with Gasteiger partial charge in [0.15, 0.2) is 5.78 Å². The van der Waals surface area contributed by atoms with E-state index in [4.69, 9.17) is 0 Å². The van der Waals surface area contributed by atoms with Crippen molar-refractivity contribution >= 4 is 34.6 Å². The maximum Gasteiger partial charge on any atom is 0.198 e. The molecule has 0 unspecified atom stereocenters. The monoisotopic (exact) mass is 427 g/mol. The van der Waals surface area contributed by atoms with E-state index in [0.717, 1.165) is 16.5 Å². The number of hydrogen-bond acceptors (Lipinski definition) is 4. The second kappa shape index (κ2) is 12.2. The summed E-state index contributed by atoms with van der Waals surface area (Å²) in [6, 6.07) is 12.3. The maximum absolute atomic E-state index is 12.6. The first-order valence-corrected chi connectivity index (χ1v) is 12.8. The third-order valence-corrected chi connectivity index (χ3v) is 7.39. The zero-order valence-electron chi connectivity index (χ0n) is 17.6. The predicted molar refractivity (Wildman–Crippen MR) is 128 cm³/mol. The quantitative estimate of drug-likeness (QED) is 0.182. The molecule has 1 aliphatic heterocycles. The molecule has 0 amide bonds. The average Bonchev–Trinajstić information content (AvgIpc) is 3.38. The lowest BCUT2D eigenvalue weighted by Gasteiger charge is -2.20. The molecule has 2 heterocycles. The average molecular weight is 428 g/mol. The van der Waals surface area contributed by atoms with Crippen molar-refractivity contribution in [3.8, 4) is 0 Å². The molecule has 1 aromatic heterocycles. The number of anilines is 1. The van der Waals surface area contributed by atoms with Gasteiger partial charge in [0.1, 0.15) is 0 Å². The van der Waals surface area contributed by atoms with Crippen LogP contribution in [-0.4, -0.2) is 12.3 Å². The fourth-order valence-electron chi connectivity index (χ4n) is 3.75. The summed E-state index contributed by atoms with van der Waals surface area (Å²) in [5.41, 5.74) is 1.25. The van der Waals surface area contributed by atoms with Crippen LogP contribution in [-0.2, 0) is 0 Å². The van der Waals surface area contributed by atoms with E-state index in [1.165, 1.54) is 86.1 Å².